The van der Waals surface area contributed by atoms with Gasteiger partial charge in [0.15, 0.2) is 0 Å². The first-order chi connectivity index (χ1) is 13.7. The van der Waals surface area contributed by atoms with Gasteiger partial charge in [0, 0.05) is 22.0 Å². The standard InChI is InChI=1S/C23H15F2N3/c24-16-9-5-14(6-10-16)20-13-21(28-27-20)22-18-3-1-2-4-19(18)26-23(22)15-7-11-17(25)12-8-15/h1-13,26H,(H,27,28). The van der Waals surface area contributed by atoms with Gasteiger partial charge in [0.25, 0.3) is 0 Å². The Bertz CT molecular complexity index is 1270. The van der Waals surface area contributed by atoms with Gasteiger partial charge in [-0.25, -0.2) is 8.78 Å². The maximum absolute atomic E-state index is 13.4. The molecule has 0 unspecified atom stereocenters. The van der Waals surface area contributed by atoms with Gasteiger partial charge in [0.1, 0.15) is 11.6 Å². The third-order valence-electron chi connectivity index (χ3n) is 4.83. The molecule has 0 aliphatic carbocycles. The monoisotopic (exact) mass is 371 g/mol. The number of para-hydroxylation sites is 1. The summed E-state index contributed by atoms with van der Waals surface area (Å²) in [6, 6.07) is 22.5. The Morgan fingerprint density at radius 1 is 0.714 bits per heavy atom. The molecular weight excluding hydrogens is 356 g/mol. The molecule has 0 bridgehead atoms. The number of aromatic nitrogens is 3. The van der Waals surface area contributed by atoms with Gasteiger partial charge in [0.2, 0.25) is 0 Å². The highest BCUT2D eigenvalue weighted by Gasteiger charge is 2.17. The predicted octanol–water partition coefficient (Wildman–Crippen LogP) is 6.17. The van der Waals surface area contributed by atoms with Crippen molar-refractivity contribution in [3.05, 3.63) is 90.5 Å². The van der Waals surface area contributed by atoms with E-state index in [0.29, 0.717) is 0 Å². The second kappa shape index (κ2) is 6.46. The molecule has 5 aromatic rings. The van der Waals surface area contributed by atoms with Crippen LogP contribution in [0.5, 0.6) is 0 Å². The summed E-state index contributed by atoms with van der Waals surface area (Å²) in [6.45, 7) is 0. The zero-order valence-electron chi connectivity index (χ0n) is 14.7. The second-order valence-corrected chi connectivity index (χ2v) is 6.60. The molecule has 2 heterocycles. The highest BCUT2D eigenvalue weighted by molar-refractivity contribution is 6.03. The van der Waals surface area contributed by atoms with Crippen LogP contribution in [-0.4, -0.2) is 15.2 Å². The number of H-pyrrole nitrogens is 2. The molecular formula is C23H15F2N3. The van der Waals surface area contributed by atoms with Gasteiger partial charge in [0.05, 0.1) is 17.1 Å². The Balaban J connectivity index is 1.69. The summed E-state index contributed by atoms with van der Waals surface area (Å²) in [6.07, 6.45) is 0. The number of nitrogens with zero attached hydrogens (tertiary/aromatic N) is 1. The SMILES string of the molecule is Fc1ccc(-c2cc(-c3c(-c4ccc(F)cc4)[nH]c4ccccc34)[nH]n2)cc1. The Morgan fingerprint density at radius 2 is 1.36 bits per heavy atom. The average molecular weight is 371 g/mol. The average Bonchev–Trinajstić information content (AvgIpc) is 3.33. The first-order valence-electron chi connectivity index (χ1n) is 8.87. The molecule has 2 aromatic heterocycles. The number of benzene rings is 3. The van der Waals surface area contributed by atoms with Crippen molar-refractivity contribution in [1.29, 1.82) is 0 Å². The van der Waals surface area contributed by atoms with E-state index in [2.05, 4.69) is 15.2 Å². The van der Waals surface area contributed by atoms with Gasteiger partial charge in [-0.05, 0) is 66.2 Å². The molecule has 2 N–H and O–H groups in total. The fourth-order valence-corrected chi connectivity index (χ4v) is 3.47. The summed E-state index contributed by atoms with van der Waals surface area (Å²) in [5, 5.41) is 8.54. The van der Waals surface area contributed by atoms with Crippen molar-refractivity contribution in [2.75, 3.05) is 0 Å². The number of halogens is 2. The van der Waals surface area contributed by atoms with Gasteiger partial charge in [-0.1, -0.05) is 18.2 Å². The molecule has 0 spiro atoms. The van der Waals surface area contributed by atoms with Crippen LogP contribution in [0.4, 0.5) is 8.78 Å². The van der Waals surface area contributed by atoms with Crippen molar-refractivity contribution in [1.82, 2.24) is 15.2 Å². The van der Waals surface area contributed by atoms with Crippen molar-refractivity contribution in [2.24, 2.45) is 0 Å². The Kier molecular flexibility index (Phi) is 3.79. The van der Waals surface area contributed by atoms with E-state index in [0.717, 1.165) is 44.7 Å². The largest absolute Gasteiger partial charge is 0.354 e. The molecule has 0 amide bonds. The molecule has 0 saturated heterocycles. The van der Waals surface area contributed by atoms with E-state index in [1.54, 1.807) is 24.3 Å². The minimum absolute atomic E-state index is 0.276. The van der Waals surface area contributed by atoms with Crippen LogP contribution in [0.1, 0.15) is 0 Å². The Morgan fingerprint density at radius 3 is 2.07 bits per heavy atom. The first kappa shape index (κ1) is 16.4. The van der Waals surface area contributed by atoms with Crippen molar-refractivity contribution < 1.29 is 8.78 Å². The molecule has 5 rings (SSSR count). The van der Waals surface area contributed by atoms with Crippen molar-refractivity contribution in [2.45, 2.75) is 0 Å². The van der Waals surface area contributed by atoms with E-state index in [1.807, 2.05) is 30.3 Å². The summed E-state index contributed by atoms with van der Waals surface area (Å²) in [5.74, 6) is -0.559. The Labute approximate surface area is 159 Å². The van der Waals surface area contributed by atoms with Crippen LogP contribution in [0.2, 0.25) is 0 Å². The first-order valence-corrected chi connectivity index (χ1v) is 8.87. The fourth-order valence-electron chi connectivity index (χ4n) is 3.47. The molecule has 0 radical (unpaired) electrons. The van der Waals surface area contributed by atoms with E-state index in [9.17, 15) is 8.78 Å². The van der Waals surface area contributed by atoms with Gasteiger partial charge < -0.3 is 4.98 Å². The molecule has 0 fully saturated rings. The van der Waals surface area contributed by atoms with Crippen LogP contribution in [0.25, 0.3) is 44.7 Å². The number of aromatic amines is 2. The number of rotatable bonds is 3. The second-order valence-electron chi connectivity index (χ2n) is 6.60. The zero-order valence-corrected chi connectivity index (χ0v) is 14.7. The number of nitrogens with one attached hydrogen (secondary N) is 2. The maximum Gasteiger partial charge on any atom is 0.123 e. The van der Waals surface area contributed by atoms with Crippen LogP contribution >= 0.6 is 0 Å². The zero-order chi connectivity index (χ0) is 19.1. The van der Waals surface area contributed by atoms with E-state index < -0.39 is 0 Å². The molecule has 28 heavy (non-hydrogen) atoms. The van der Waals surface area contributed by atoms with E-state index in [4.69, 9.17) is 0 Å². The van der Waals surface area contributed by atoms with Crippen LogP contribution in [0, 0.1) is 11.6 Å². The summed E-state index contributed by atoms with van der Waals surface area (Å²) >= 11 is 0. The highest BCUT2D eigenvalue weighted by Crippen LogP contribution is 2.38. The summed E-state index contributed by atoms with van der Waals surface area (Å²) in [7, 11) is 0. The normalized spacial score (nSPS) is 11.2. The van der Waals surface area contributed by atoms with Gasteiger partial charge in [-0.15, -0.1) is 0 Å². The lowest BCUT2D eigenvalue weighted by Crippen LogP contribution is -1.84. The van der Waals surface area contributed by atoms with Crippen LogP contribution in [0.15, 0.2) is 78.9 Å². The fraction of sp³-hybridized carbons (Fsp3) is 0. The van der Waals surface area contributed by atoms with Gasteiger partial charge in [-0.3, -0.25) is 5.10 Å². The lowest BCUT2D eigenvalue weighted by Gasteiger charge is -2.03. The van der Waals surface area contributed by atoms with Crippen molar-refractivity contribution >= 4 is 10.9 Å². The van der Waals surface area contributed by atoms with E-state index >= 15 is 0 Å². The quantitative estimate of drug-likeness (QED) is 0.391. The van der Waals surface area contributed by atoms with Gasteiger partial charge >= 0.3 is 0 Å². The topological polar surface area (TPSA) is 44.5 Å². The molecule has 0 saturated carbocycles. The summed E-state index contributed by atoms with van der Waals surface area (Å²) in [4.78, 5) is 3.44. The van der Waals surface area contributed by atoms with E-state index in [1.165, 1.54) is 24.3 Å². The van der Waals surface area contributed by atoms with Crippen LogP contribution < -0.4 is 0 Å². The van der Waals surface area contributed by atoms with Crippen LogP contribution in [-0.2, 0) is 0 Å². The van der Waals surface area contributed by atoms with Gasteiger partial charge in [-0.2, -0.15) is 5.10 Å². The highest BCUT2D eigenvalue weighted by atomic mass is 19.1. The number of hydrogen-bond donors (Lipinski definition) is 2. The third kappa shape index (κ3) is 2.77. The van der Waals surface area contributed by atoms with Crippen molar-refractivity contribution in [3.8, 4) is 33.8 Å². The van der Waals surface area contributed by atoms with Crippen LogP contribution in [0.3, 0.4) is 0 Å². The lowest BCUT2D eigenvalue weighted by atomic mass is 10.0. The molecule has 0 aliphatic heterocycles. The van der Waals surface area contributed by atoms with E-state index in [-0.39, 0.29) is 11.6 Å². The van der Waals surface area contributed by atoms with Crippen molar-refractivity contribution in [3.63, 3.8) is 0 Å². The number of fused-ring (bicyclic) bond motifs is 1. The number of hydrogen-bond acceptors (Lipinski definition) is 1. The molecule has 5 heteroatoms. The molecule has 3 aromatic carbocycles. The summed E-state index contributed by atoms with van der Waals surface area (Å²) < 4.78 is 26.6. The smallest absolute Gasteiger partial charge is 0.123 e. The Hall–Kier alpha value is -3.73. The predicted molar refractivity (Wildman–Crippen MR) is 107 cm³/mol. The summed E-state index contributed by atoms with van der Waals surface area (Å²) in [5.41, 5.74) is 6.09. The third-order valence-corrected chi connectivity index (χ3v) is 4.83. The minimum atomic E-state index is -0.283. The maximum atomic E-state index is 13.4. The molecule has 0 atom stereocenters. The lowest BCUT2D eigenvalue weighted by molar-refractivity contribution is 0.627. The molecule has 3 nitrogen and oxygen atoms in total. The minimum Gasteiger partial charge on any atom is -0.354 e. The molecule has 0 aliphatic rings. The molecule has 136 valence electrons.